The highest BCUT2D eigenvalue weighted by atomic mass is 35.5. The zero-order chi connectivity index (χ0) is 12.3. The molecule has 7 heteroatoms. The predicted molar refractivity (Wildman–Crippen MR) is 59.2 cm³/mol. The molecule has 2 aromatic rings. The molecule has 86 valence electrons. The summed E-state index contributed by atoms with van der Waals surface area (Å²) in [5, 5.41) is 2.51. The first-order valence-corrected chi connectivity index (χ1v) is 4.94. The molecule has 0 atom stereocenters. The highest BCUT2D eigenvalue weighted by molar-refractivity contribution is 6.29. The Morgan fingerprint density at radius 2 is 2.18 bits per heavy atom. The van der Waals surface area contributed by atoms with Gasteiger partial charge in [-0.2, -0.15) is 0 Å². The largest absolute Gasteiger partial charge is 0.290 e. The molecule has 0 saturated carbocycles. The number of nitrogens with one attached hydrogen (secondary N) is 1. The molecule has 1 amide bonds. The van der Waals surface area contributed by atoms with Crippen LogP contribution in [0.1, 0.15) is 10.4 Å². The molecule has 5 nitrogen and oxygen atoms in total. The second kappa shape index (κ2) is 4.84. The lowest BCUT2D eigenvalue weighted by Gasteiger charge is -2.03. The van der Waals surface area contributed by atoms with E-state index in [4.69, 9.17) is 11.6 Å². The van der Waals surface area contributed by atoms with Crippen molar-refractivity contribution in [3.8, 4) is 0 Å². The van der Waals surface area contributed by atoms with Crippen molar-refractivity contribution < 1.29 is 9.18 Å². The molecule has 0 radical (unpaired) electrons. The number of amides is 1. The van der Waals surface area contributed by atoms with E-state index in [9.17, 15) is 9.18 Å². The summed E-state index contributed by atoms with van der Waals surface area (Å²) in [7, 11) is 0. The first-order valence-electron chi connectivity index (χ1n) is 4.56. The fourth-order valence-electron chi connectivity index (χ4n) is 1.13. The number of carbonyl (C=O) groups is 1. The molecule has 0 aliphatic rings. The Morgan fingerprint density at radius 1 is 1.35 bits per heavy atom. The van der Waals surface area contributed by atoms with Gasteiger partial charge < -0.3 is 0 Å². The number of pyridine rings is 1. The highest BCUT2D eigenvalue weighted by Crippen LogP contribution is 2.09. The van der Waals surface area contributed by atoms with Gasteiger partial charge in [-0.15, -0.1) is 0 Å². The molecule has 2 heterocycles. The van der Waals surface area contributed by atoms with Gasteiger partial charge in [0.25, 0.3) is 5.91 Å². The summed E-state index contributed by atoms with van der Waals surface area (Å²) in [6.45, 7) is 0. The van der Waals surface area contributed by atoms with Crippen LogP contribution < -0.4 is 5.32 Å². The van der Waals surface area contributed by atoms with E-state index < -0.39 is 11.7 Å². The third kappa shape index (κ3) is 2.73. The Hall–Kier alpha value is -2.08. The lowest BCUT2D eigenvalue weighted by Crippen LogP contribution is -2.15. The Morgan fingerprint density at radius 3 is 2.88 bits per heavy atom. The first-order chi connectivity index (χ1) is 8.16. The van der Waals surface area contributed by atoms with Gasteiger partial charge in [0.2, 0.25) is 5.95 Å². The summed E-state index contributed by atoms with van der Waals surface area (Å²) >= 11 is 5.62. The molecule has 0 aliphatic carbocycles. The van der Waals surface area contributed by atoms with Crippen LogP contribution in [-0.2, 0) is 0 Å². The molecule has 17 heavy (non-hydrogen) atoms. The third-order valence-corrected chi connectivity index (χ3v) is 2.07. The quantitative estimate of drug-likeness (QED) is 0.829. The van der Waals surface area contributed by atoms with Crippen molar-refractivity contribution in [2.24, 2.45) is 0 Å². The van der Waals surface area contributed by atoms with Gasteiger partial charge in [-0.1, -0.05) is 11.6 Å². The van der Waals surface area contributed by atoms with E-state index in [0.717, 1.165) is 6.20 Å². The minimum absolute atomic E-state index is 0.0127. The number of rotatable bonds is 2. The van der Waals surface area contributed by atoms with E-state index in [1.807, 2.05) is 0 Å². The number of hydrogen-bond acceptors (Lipinski definition) is 4. The summed E-state index contributed by atoms with van der Waals surface area (Å²) in [5.74, 6) is -1.36. The van der Waals surface area contributed by atoms with Crippen LogP contribution in [-0.4, -0.2) is 20.9 Å². The summed E-state index contributed by atoms with van der Waals surface area (Å²) in [6.07, 6.45) is 3.65. The summed E-state index contributed by atoms with van der Waals surface area (Å²) in [5.41, 5.74) is -0.136. The van der Waals surface area contributed by atoms with Gasteiger partial charge in [-0.3, -0.25) is 15.1 Å². The third-order valence-electron chi connectivity index (χ3n) is 1.86. The van der Waals surface area contributed by atoms with Crippen LogP contribution in [0.2, 0.25) is 5.15 Å². The molecule has 0 aliphatic heterocycles. The van der Waals surface area contributed by atoms with Crippen LogP contribution >= 0.6 is 11.6 Å². The number of nitrogens with zero attached hydrogens (tertiary/aromatic N) is 3. The number of carbonyl (C=O) groups excluding carboxylic acids is 1. The Bertz CT molecular complexity index is 564. The van der Waals surface area contributed by atoms with Crippen LogP contribution in [0.15, 0.2) is 30.7 Å². The fraction of sp³-hybridized carbons (Fsp3) is 0. The van der Waals surface area contributed by atoms with Crippen molar-refractivity contribution in [3.63, 3.8) is 0 Å². The molecule has 0 unspecified atom stereocenters. The molecule has 2 rings (SSSR count). The minimum atomic E-state index is -0.716. The van der Waals surface area contributed by atoms with E-state index in [1.165, 1.54) is 24.5 Å². The van der Waals surface area contributed by atoms with Crippen LogP contribution in [0.3, 0.4) is 0 Å². The normalized spacial score (nSPS) is 10.0. The van der Waals surface area contributed by atoms with Crippen LogP contribution in [0.4, 0.5) is 10.3 Å². The summed E-state index contributed by atoms with van der Waals surface area (Å²) in [4.78, 5) is 22.7. The van der Waals surface area contributed by atoms with E-state index >= 15 is 0 Å². The number of anilines is 1. The smallest absolute Gasteiger partial charge is 0.261 e. The van der Waals surface area contributed by atoms with Gasteiger partial charge in [0, 0.05) is 12.4 Å². The van der Waals surface area contributed by atoms with Gasteiger partial charge >= 0.3 is 0 Å². The SMILES string of the molecule is O=C(Nc1nccc(Cl)n1)c1ccncc1F. The monoisotopic (exact) mass is 252 g/mol. The number of hydrogen-bond donors (Lipinski definition) is 1. The van der Waals surface area contributed by atoms with Crippen LogP contribution in [0.5, 0.6) is 0 Å². The number of halogens is 2. The standard InChI is InChI=1S/C10H6ClFN4O/c11-8-2-4-14-10(15-8)16-9(17)6-1-3-13-5-7(6)12/h1-5H,(H,14,15,16,17). The van der Waals surface area contributed by atoms with Gasteiger partial charge in [0.1, 0.15) is 5.15 Å². The Labute approximate surface area is 101 Å². The molecular formula is C10H6ClFN4O. The fourth-order valence-corrected chi connectivity index (χ4v) is 1.26. The van der Waals surface area contributed by atoms with Crippen molar-refractivity contribution >= 4 is 23.5 Å². The topological polar surface area (TPSA) is 67.8 Å². The van der Waals surface area contributed by atoms with Crippen molar-refractivity contribution in [2.45, 2.75) is 0 Å². The van der Waals surface area contributed by atoms with Crippen molar-refractivity contribution in [1.29, 1.82) is 0 Å². The second-order valence-electron chi connectivity index (χ2n) is 3.01. The highest BCUT2D eigenvalue weighted by Gasteiger charge is 2.12. The average Bonchev–Trinajstić information content (AvgIpc) is 2.29. The lowest BCUT2D eigenvalue weighted by molar-refractivity contribution is 0.102. The number of aromatic nitrogens is 3. The minimum Gasteiger partial charge on any atom is -0.290 e. The van der Waals surface area contributed by atoms with Crippen LogP contribution in [0, 0.1) is 5.82 Å². The molecule has 0 saturated heterocycles. The summed E-state index contributed by atoms with van der Waals surface area (Å²) in [6, 6.07) is 2.72. The Balaban J connectivity index is 2.20. The maximum atomic E-state index is 13.2. The van der Waals surface area contributed by atoms with Gasteiger partial charge in [0.15, 0.2) is 5.82 Å². The van der Waals surface area contributed by atoms with Crippen molar-refractivity contribution in [2.75, 3.05) is 5.32 Å². The first kappa shape index (κ1) is 11.4. The molecule has 0 fully saturated rings. The molecule has 1 N–H and O–H groups in total. The molecular weight excluding hydrogens is 247 g/mol. The van der Waals surface area contributed by atoms with E-state index in [-0.39, 0.29) is 16.7 Å². The average molecular weight is 253 g/mol. The van der Waals surface area contributed by atoms with Gasteiger partial charge in [-0.25, -0.2) is 14.4 Å². The summed E-state index contributed by atoms with van der Waals surface area (Å²) < 4.78 is 13.2. The predicted octanol–water partition coefficient (Wildman–Crippen LogP) is 1.92. The van der Waals surface area contributed by atoms with E-state index in [1.54, 1.807) is 0 Å². The molecule has 2 aromatic heterocycles. The zero-order valence-electron chi connectivity index (χ0n) is 8.39. The van der Waals surface area contributed by atoms with Gasteiger partial charge in [0.05, 0.1) is 11.8 Å². The Kier molecular flexibility index (Phi) is 3.24. The van der Waals surface area contributed by atoms with E-state index in [0.29, 0.717) is 0 Å². The van der Waals surface area contributed by atoms with Gasteiger partial charge in [-0.05, 0) is 12.1 Å². The van der Waals surface area contributed by atoms with E-state index in [2.05, 4.69) is 20.3 Å². The molecule has 0 spiro atoms. The second-order valence-corrected chi connectivity index (χ2v) is 3.40. The van der Waals surface area contributed by atoms with Crippen molar-refractivity contribution in [1.82, 2.24) is 15.0 Å². The van der Waals surface area contributed by atoms with Crippen molar-refractivity contribution in [3.05, 3.63) is 47.3 Å². The maximum Gasteiger partial charge on any atom is 0.261 e. The van der Waals surface area contributed by atoms with Crippen LogP contribution in [0.25, 0.3) is 0 Å². The lowest BCUT2D eigenvalue weighted by atomic mass is 10.2. The molecule has 0 bridgehead atoms. The maximum absolute atomic E-state index is 13.2. The zero-order valence-corrected chi connectivity index (χ0v) is 9.15. The molecule has 0 aromatic carbocycles.